The summed E-state index contributed by atoms with van der Waals surface area (Å²) in [6.07, 6.45) is 0.129. The fourth-order valence-corrected chi connectivity index (χ4v) is 1.86. The number of nitrogens with one attached hydrogen (secondary N) is 1. The molecule has 5 nitrogen and oxygen atoms in total. The molecular formula is C16H18N2O3. The van der Waals surface area contributed by atoms with Crippen molar-refractivity contribution in [2.75, 3.05) is 6.61 Å². The monoisotopic (exact) mass is 286 g/mol. The molecule has 2 rings (SSSR count). The van der Waals surface area contributed by atoms with Crippen LogP contribution in [-0.4, -0.2) is 12.6 Å². The lowest BCUT2D eigenvalue weighted by Gasteiger charge is -2.07. The molecule has 0 saturated carbocycles. The van der Waals surface area contributed by atoms with Crippen LogP contribution in [0.25, 0.3) is 11.1 Å². The highest BCUT2D eigenvalue weighted by molar-refractivity contribution is 5.69. The maximum Gasteiger partial charge on any atom is 0.329 e. The minimum Gasteiger partial charge on any atom is -0.493 e. The third-order valence-electron chi connectivity index (χ3n) is 2.99. The number of carbonyl (C=O) groups excluding carboxylic acids is 1. The molecule has 110 valence electrons. The molecule has 2 aromatic rings. The molecule has 0 saturated heterocycles. The van der Waals surface area contributed by atoms with Gasteiger partial charge in [0, 0.05) is 0 Å². The average molecular weight is 286 g/mol. The van der Waals surface area contributed by atoms with Crippen molar-refractivity contribution in [1.29, 1.82) is 0 Å². The highest BCUT2D eigenvalue weighted by Crippen LogP contribution is 2.22. The van der Waals surface area contributed by atoms with Crippen molar-refractivity contribution in [3.8, 4) is 16.9 Å². The first kappa shape index (κ1) is 15.0. The van der Waals surface area contributed by atoms with Gasteiger partial charge < -0.3 is 9.57 Å². The van der Waals surface area contributed by atoms with Crippen LogP contribution in [0, 0.1) is 6.92 Å². The quantitative estimate of drug-likeness (QED) is 0.630. The third-order valence-corrected chi connectivity index (χ3v) is 2.99. The zero-order chi connectivity index (χ0) is 15.1. The maximum absolute atomic E-state index is 11.1. The normalized spacial score (nSPS) is 10.2. The Hall–Kier alpha value is -2.37. The van der Waals surface area contributed by atoms with Gasteiger partial charge in [-0.25, -0.2) is 5.84 Å². The van der Waals surface area contributed by atoms with E-state index in [4.69, 9.17) is 10.6 Å². The number of hydrogen-bond donors (Lipinski definition) is 2. The van der Waals surface area contributed by atoms with Crippen molar-refractivity contribution in [3.63, 3.8) is 0 Å². The number of nitrogens with two attached hydrogens (primary N) is 1. The minimum absolute atomic E-state index is 0.129. The molecule has 0 aromatic heterocycles. The van der Waals surface area contributed by atoms with Gasteiger partial charge in [0.1, 0.15) is 5.75 Å². The van der Waals surface area contributed by atoms with Crippen LogP contribution in [-0.2, 0) is 9.63 Å². The minimum atomic E-state index is -0.464. The summed E-state index contributed by atoms with van der Waals surface area (Å²) in [5.74, 6) is 5.10. The second-order valence-electron chi connectivity index (χ2n) is 4.58. The summed E-state index contributed by atoms with van der Waals surface area (Å²) in [5, 5.41) is 0. The van der Waals surface area contributed by atoms with Gasteiger partial charge in [0.05, 0.1) is 13.0 Å². The number of rotatable bonds is 6. The summed E-state index contributed by atoms with van der Waals surface area (Å²) in [5.41, 5.74) is 5.35. The Morgan fingerprint density at radius 3 is 2.19 bits per heavy atom. The van der Waals surface area contributed by atoms with Crippen molar-refractivity contribution in [2.45, 2.75) is 13.3 Å². The molecule has 3 N–H and O–H groups in total. The topological polar surface area (TPSA) is 73.6 Å². The van der Waals surface area contributed by atoms with Crippen molar-refractivity contribution in [2.24, 2.45) is 5.84 Å². The van der Waals surface area contributed by atoms with Crippen LogP contribution in [0.2, 0.25) is 0 Å². The highest BCUT2D eigenvalue weighted by atomic mass is 16.7. The van der Waals surface area contributed by atoms with Crippen LogP contribution < -0.4 is 16.2 Å². The van der Waals surface area contributed by atoms with Gasteiger partial charge in [-0.3, -0.25) is 4.79 Å². The van der Waals surface area contributed by atoms with E-state index in [1.54, 1.807) is 0 Å². The Kier molecular flexibility index (Phi) is 5.31. The third kappa shape index (κ3) is 4.59. The number of carbonyl (C=O) groups is 1. The van der Waals surface area contributed by atoms with Crippen molar-refractivity contribution in [3.05, 3.63) is 54.1 Å². The Bertz CT molecular complexity index is 579. The molecule has 21 heavy (non-hydrogen) atoms. The predicted octanol–water partition coefficient (Wildman–Crippen LogP) is 2.35. The first-order chi connectivity index (χ1) is 10.2. The highest BCUT2D eigenvalue weighted by Gasteiger charge is 2.03. The van der Waals surface area contributed by atoms with Crippen molar-refractivity contribution in [1.82, 2.24) is 5.59 Å². The molecule has 2 aromatic carbocycles. The molecular weight excluding hydrogens is 268 g/mol. The molecule has 0 spiro atoms. The molecule has 0 amide bonds. The lowest BCUT2D eigenvalue weighted by molar-refractivity contribution is -0.151. The average Bonchev–Trinajstić information content (AvgIpc) is 2.49. The van der Waals surface area contributed by atoms with Crippen molar-refractivity contribution >= 4 is 5.97 Å². The van der Waals surface area contributed by atoms with E-state index < -0.39 is 5.97 Å². The van der Waals surface area contributed by atoms with Gasteiger partial charge in [0.2, 0.25) is 0 Å². The van der Waals surface area contributed by atoms with Crippen molar-refractivity contribution < 1.29 is 14.4 Å². The van der Waals surface area contributed by atoms with Crippen LogP contribution in [0.3, 0.4) is 0 Å². The van der Waals surface area contributed by atoms with Gasteiger partial charge in [0.25, 0.3) is 0 Å². The molecule has 0 aliphatic rings. The molecule has 5 heteroatoms. The number of hydrazine groups is 1. The molecule has 0 radical (unpaired) electrons. The molecule has 0 heterocycles. The van der Waals surface area contributed by atoms with Gasteiger partial charge in [-0.2, -0.15) is 0 Å². The lowest BCUT2D eigenvalue weighted by atomic mass is 10.0. The molecule has 0 aliphatic carbocycles. The fraction of sp³-hybridized carbons (Fsp3) is 0.188. The first-order valence-electron chi connectivity index (χ1n) is 6.64. The fourth-order valence-electron chi connectivity index (χ4n) is 1.86. The summed E-state index contributed by atoms with van der Waals surface area (Å²) >= 11 is 0. The van der Waals surface area contributed by atoms with Gasteiger partial charge in [-0.05, 0) is 30.2 Å². The Morgan fingerprint density at radius 2 is 1.62 bits per heavy atom. The summed E-state index contributed by atoms with van der Waals surface area (Å²) in [6, 6.07) is 16.1. The van der Waals surface area contributed by atoms with Gasteiger partial charge in [0.15, 0.2) is 0 Å². The molecule has 0 atom stereocenters. The smallest absolute Gasteiger partial charge is 0.329 e. The maximum atomic E-state index is 11.1. The van der Waals surface area contributed by atoms with Crippen LogP contribution in [0.15, 0.2) is 48.5 Å². The van der Waals surface area contributed by atoms with Crippen LogP contribution >= 0.6 is 0 Å². The standard InChI is InChI=1S/C16H18N2O3/c1-12-2-4-13(5-3-12)14-6-8-15(9-7-14)20-11-10-16(19)21-18-17/h2-9,18H,10-11,17H2,1H3. The Balaban J connectivity index is 1.90. The second-order valence-corrected chi connectivity index (χ2v) is 4.58. The van der Waals surface area contributed by atoms with E-state index in [1.807, 2.05) is 29.9 Å². The molecule has 0 unspecified atom stereocenters. The van der Waals surface area contributed by atoms with Gasteiger partial charge in [-0.1, -0.05) is 47.6 Å². The number of benzene rings is 2. The van der Waals surface area contributed by atoms with Gasteiger partial charge in [-0.15, -0.1) is 0 Å². The van der Waals surface area contributed by atoms with Crippen LogP contribution in [0.4, 0.5) is 0 Å². The van der Waals surface area contributed by atoms with E-state index in [-0.39, 0.29) is 13.0 Å². The van der Waals surface area contributed by atoms with E-state index in [0.717, 1.165) is 11.1 Å². The second kappa shape index (κ2) is 7.42. The summed E-state index contributed by atoms with van der Waals surface area (Å²) < 4.78 is 5.46. The van der Waals surface area contributed by atoms with E-state index >= 15 is 0 Å². The van der Waals surface area contributed by atoms with E-state index in [2.05, 4.69) is 36.0 Å². The lowest BCUT2D eigenvalue weighted by Crippen LogP contribution is -2.26. The number of hydrogen-bond acceptors (Lipinski definition) is 5. The Morgan fingerprint density at radius 1 is 1.05 bits per heavy atom. The Labute approximate surface area is 123 Å². The molecule has 0 aliphatic heterocycles. The number of ether oxygens (including phenoxy) is 1. The molecule has 0 fully saturated rings. The summed E-state index contributed by atoms with van der Waals surface area (Å²) in [7, 11) is 0. The zero-order valence-electron chi connectivity index (χ0n) is 11.8. The SMILES string of the molecule is Cc1ccc(-c2ccc(OCCC(=O)ONN)cc2)cc1. The summed E-state index contributed by atoms with van der Waals surface area (Å²) in [6.45, 7) is 2.30. The van der Waals surface area contributed by atoms with E-state index in [0.29, 0.717) is 5.75 Å². The van der Waals surface area contributed by atoms with E-state index in [1.165, 1.54) is 5.56 Å². The molecule has 0 bridgehead atoms. The first-order valence-corrected chi connectivity index (χ1v) is 6.64. The van der Waals surface area contributed by atoms with Gasteiger partial charge >= 0.3 is 5.97 Å². The number of aryl methyl sites for hydroxylation is 1. The van der Waals surface area contributed by atoms with Crippen LogP contribution in [0.1, 0.15) is 12.0 Å². The summed E-state index contributed by atoms with van der Waals surface area (Å²) in [4.78, 5) is 15.4. The predicted molar refractivity (Wildman–Crippen MR) is 80.1 cm³/mol. The zero-order valence-corrected chi connectivity index (χ0v) is 11.8. The van der Waals surface area contributed by atoms with Crippen LogP contribution in [0.5, 0.6) is 5.75 Å². The van der Waals surface area contributed by atoms with E-state index in [9.17, 15) is 4.79 Å². The largest absolute Gasteiger partial charge is 0.493 e.